The highest BCUT2D eigenvalue weighted by Gasteiger charge is 2.07. The van der Waals surface area contributed by atoms with Gasteiger partial charge in [0, 0.05) is 23.8 Å². The number of carbonyl (C=O) groups excluding carboxylic acids is 1. The van der Waals surface area contributed by atoms with Crippen LogP contribution in [0, 0.1) is 0 Å². The Kier molecular flexibility index (Phi) is 5.09. The molecule has 0 unspecified atom stereocenters. The zero-order valence-electron chi connectivity index (χ0n) is 11.4. The van der Waals surface area contributed by atoms with Crippen LogP contribution in [0.5, 0.6) is 5.75 Å². The van der Waals surface area contributed by atoms with E-state index in [0.717, 1.165) is 22.0 Å². The Labute approximate surface area is 121 Å². The lowest BCUT2D eigenvalue weighted by molar-refractivity contribution is -0.131. The van der Waals surface area contributed by atoms with Crippen molar-refractivity contribution in [3.05, 3.63) is 34.7 Å². The lowest BCUT2D eigenvalue weighted by atomic mass is 10.2. The molecule has 0 saturated heterocycles. The van der Waals surface area contributed by atoms with Gasteiger partial charge in [-0.15, -0.1) is 11.3 Å². The Balaban J connectivity index is 1.99. The molecule has 0 saturated carbocycles. The molecule has 0 atom stereocenters. The van der Waals surface area contributed by atoms with Crippen molar-refractivity contribution in [3.63, 3.8) is 0 Å². The normalized spacial score (nSPS) is 10.3. The van der Waals surface area contributed by atoms with Crippen LogP contribution in [0.25, 0.3) is 11.3 Å². The molecular weight excluding hydrogens is 276 g/mol. The first kappa shape index (κ1) is 14.5. The van der Waals surface area contributed by atoms with Gasteiger partial charge in [0.1, 0.15) is 5.75 Å². The molecule has 1 heterocycles. The summed E-state index contributed by atoms with van der Waals surface area (Å²) in [7, 11) is 3.06. The number of hydrogen-bond acceptors (Lipinski definition) is 5. The van der Waals surface area contributed by atoms with Crippen LogP contribution in [0.2, 0.25) is 0 Å². The maximum atomic E-state index is 11.3. The zero-order chi connectivity index (χ0) is 14.4. The van der Waals surface area contributed by atoms with Crippen LogP contribution >= 0.6 is 11.3 Å². The second-order valence-electron chi connectivity index (χ2n) is 4.08. The number of methoxy groups -OCH3 is 1. The van der Waals surface area contributed by atoms with Crippen LogP contribution in [-0.2, 0) is 16.1 Å². The molecule has 0 radical (unpaired) electrons. The number of hydroxylamine groups is 1. The van der Waals surface area contributed by atoms with E-state index in [1.54, 1.807) is 18.4 Å². The summed E-state index contributed by atoms with van der Waals surface area (Å²) in [6.07, 6.45) is 0.972. The summed E-state index contributed by atoms with van der Waals surface area (Å²) < 4.78 is 5.12. The third-order valence-electron chi connectivity index (χ3n) is 2.72. The molecule has 6 heteroatoms. The Morgan fingerprint density at radius 3 is 2.70 bits per heavy atom. The van der Waals surface area contributed by atoms with E-state index in [1.165, 1.54) is 7.11 Å². The molecule has 2 rings (SSSR count). The van der Waals surface area contributed by atoms with Crippen LogP contribution in [0.1, 0.15) is 11.4 Å². The van der Waals surface area contributed by atoms with Crippen molar-refractivity contribution in [1.29, 1.82) is 0 Å². The lowest BCUT2D eigenvalue weighted by Gasteiger charge is -2.01. The van der Waals surface area contributed by atoms with Crippen molar-refractivity contribution in [3.8, 4) is 17.0 Å². The van der Waals surface area contributed by atoms with E-state index in [1.807, 2.05) is 29.6 Å². The van der Waals surface area contributed by atoms with E-state index in [9.17, 15) is 4.79 Å². The maximum Gasteiger partial charge on any atom is 0.243 e. The Morgan fingerprint density at radius 1 is 1.30 bits per heavy atom. The van der Waals surface area contributed by atoms with E-state index >= 15 is 0 Å². The first-order valence-electron chi connectivity index (χ1n) is 6.13. The van der Waals surface area contributed by atoms with Gasteiger partial charge < -0.3 is 4.74 Å². The summed E-state index contributed by atoms with van der Waals surface area (Å²) in [5.41, 5.74) is 4.24. The van der Waals surface area contributed by atoms with Crippen LogP contribution < -0.4 is 10.2 Å². The topological polar surface area (TPSA) is 60.5 Å². The Bertz CT molecular complexity index is 566. The minimum atomic E-state index is -0.145. The number of ether oxygens (including phenoxy) is 1. The lowest BCUT2D eigenvalue weighted by Crippen LogP contribution is -2.21. The molecule has 1 N–H and O–H groups in total. The summed E-state index contributed by atoms with van der Waals surface area (Å²) in [6, 6.07) is 7.74. The molecule has 0 fully saturated rings. The third kappa shape index (κ3) is 3.79. The van der Waals surface area contributed by atoms with Crippen LogP contribution in [0.3, 0.4) is 0 Å². The summed E-state index contributed by atoms with van der Waals surface area (Å²) in [6.45, 7) is 0. The molecule has 106 valence electrons. The van der Waals surface area contributed by atoms with Gasteiger partial charge in [-0.05, 0) is 24.3 Å². The molecule has 1 amide bonds. The van der Waals surface area contributed by atoms with E-state index in [-0.39, 0.29) is 5.91 Å². The van der Waals surface area contributed by atoms with Crippen molar-refractivity contribution < 1.29 is 14.4 Å². The van der Waals surface area contributed by atoms with Gasteiger partial charge in [-0.3, -0.25) is 9.63 Å². The molecule has 0 bridgehead atoms. The average Bonchev–Trinajstić information content (AvgIpc) is 2.94. The molecule has 1 aromatic heterocycles. The van der Waals surface area contributed by atoms with E-state index in [2.05, 4.69) is 15.3 Å². The SMILES string of the molecule is CONC(=O)CCc1nc(-c2ccc(OC)cc2)cs1. The van der Waals surface area contributed by atoms with Crippen molar-refractivity contribution in [1.82, 2.24) is 10.5 Å². The van der Waals surface area contributed by atoms with Crippen molar-refractivity contribution >= 4 is 17.2 Å². The second kappa shape index (κ2) is 7.02. The molecule has 5 nitrogen and oxygen atoms in total. The van der Waals surface area contributed by atoms with Crippen LogP contribution in [0.4, 0.5) is 0 Å². The fourth-order valence-corrected chi connectivity index (χ4v) is 2.51. The predicted molar refractivity (Wildman–Crippen MR) is 77.6 cm³/mol. The first-order valence-corrected chi connectivity index (χ1v) is 7.01. The number of carbonyl (C=O) groups is 1. The van der Waals surface area contributed by atoms with Crippen molar-refractivity contribution in [2.75, 3.05) is 14.2 Å². The number of amides is 1. The van der Waals surface area contributed by atoms with Crippen molar-refractivity contribution in [2.24, 2.45) is 0 Å². The fraction of sp³-hybridized carbons (Fsp3) is 0.286. The highest BCUT2D eigenvalue weighted by Crippen LogP contribution is 2.24. The summed E-state index contributed by atoms with van der Waals surface area (Å²) in [5, 5.41) is 2.92. The van der Waals surface area contributed by atoms with Gasteiger partial charge in [0.25, 0.3) is 0 Å². The molecular formula is C14H16N2O3S. The number of hydrogen-bond donors (Lipinski definition) is 1. The van der Waals surface area contributed by atoms with Gasteiger partial charge in [0.2, 0.25) is 5.91 Å². The number of nitrogens with zero attached hydrogens (tertiary/aromatic N) is 1. The van der Waals surface area contributed by atoms with E-state index in [4.69, 9.17) is 4.74 Å². The minimum Gasteiger partial charge on any atom is -0.497 e. The van der Waals surface area contributed by atoms with Gasteiger partial charge >= 0.3 is 0 Å². The summed E-state index contributed by atoms with van der Waals surface area (Å²) in [5.74, 6) is 0.675. The molecule has 0 spiro atoms. The third-order valence-corrected chi connectivity index (χ3v) is 3.63. The number of rotatable bonds is 6. The van der Waals surface area contributed by atoms with Crippen LogP contribution in [0.15, 0.2) is 29.6 Å². The first-order chi connectivity index (χ1) is 9.72. The highest BCUT2D eigenvalue weighted by atomic mass is 32.1. The number of benzene rings is 1. The predicted octanol–water partition coefficient (Wildman–Crippen LogP) is 2.43. The standard InChI is InChI=1S/C14H16N2O3S/c1-18-11-5-3-10(4-6-11)12-9-20-14(15-12)8-7-13(17)16-19-2/h3-6,9H,7-8H2,1-2H3,(H,16,17). The summed E-state index contributed by atoms with van der Waals surface area (Å²) >= 11 is 1.55. The zero-order valence-corrected chi connectivity index (χ0v) is 12.2. The Morgan fingerprint density at radius 2 is 2.05 bits per heavy atom. The molecule has 0 aliphatic carbocycles. The second-order valence-corrected chi connectivity index (χ2v) is 5.03. The van der Waals surface area contributed by atoms with Gasteiger partial charge in [-0.2, -0.15) is 0 Å². The quantitative estimate of drug-likeness (QED) is 0.831. The highest BCUT2D eigenvalue weighted by molar-refractivity contribution is 7.09. The van der Waals surface area contributed by atoms with Crippen LogP contribution in [-0.4, -0.2) is 25.1 Å². The molecule has 20 heavy (non-hydrogen) atoms. The van der Waals surface area contributed by atoms with Gasteiger partial charge in [0.05, 0.1) is 24.9 Å². The number of nitrogens with one attached hydrogen (secondary N) is 1. The number of aromatic nitrogens is 1. The number of thiazole rings is 1. The van der Waals surface area contributed by atoms with Gasteiger partial charge in [-0.1, -0.05) is 0 Å². The van der Waals surface area contributed by atoms with Crippen molar-refractivity contribution in [2.45, 2.75) is 12.8 Å². The monoisotopic (exact) mass is 292 g/mol. The number of aryl methyl sites for hydroxylation is 1. The molecule has 0 aliphatic rings. The van der Waals surface area contributed by atoms with E-state index in [0.29, 0.717) is 12.8 Å². The van der Waals surface area contributed by atoms with Gasteiger partial charge in [0.15, 0.2) is 0 Å². The average molecular weight is 292 g/mol. The molecule has 2 aromatic rings. The molecule has 1 aromatic carbocycles. The smallest absolute Gasteiger partial charge is 0.243 e. The fourth-order valence-electron chi connectivity index (χ4n) is 1.71. The summed E-state index contributed by atoms with van der Waals surface area (Å²) in [4.78, 5) is 20.4. The molecule has 0 aliphatic heterocycles. The Hall–Kier alpha value is -1.92. The minimum absolute atomic E-state index is 0.145. The van der Waals surface area contributed by atoms with Gasteiger partial charge in [-0.25, -0.2) is 10.5 Å². The maximum absolute atomic E-state index is 11.3. The largest absolute Gasteiger partial charge is 0.497 e. The van der Waals surface area contributed by atoms with E-state index < -0.39 is 0 Å².